The number of ether oxygens (including phenoxy) is 1. The van der Waals surface area contributed by atoms with Crippen LogP contribution < -0.4 is 10.6 Å². The Labute approximate surface area is 163 Å². The van der Waals surface area contributed by atoms with Gasteiger partial charge in [-0.15, -0.1) is 24.2 Å². The van der Waals surface area contributed by atoms with E-state index in [1.165, 1.54) is 0 Å². The second-order valence-electron chi connectivity index (χ2n) is 5.33. The van der Waals surface area contributed by atoms with Crippen LogP contribution in [0.3, 0.4) is 0 Å². The maximum absolute atomic E-state index is 12.6. The van der Waals surface area contributed by atoms with Gasteiger partial charge in [-0.2, -0.15) is 0 Å². The molecule has 1 aromatic rings. The van der Waals surface area contributed by atoms with Crippen LogP contribution in [0.15, 0.2) is 24.3 Å². The summed E-state index contributed by atoms with van der Waals surface area (Å²) in [7, 11) is 1.65. The molecule has 2 rings (SSSR count). The zero-order chi connectivity index (χ0) is 17.4. The van der Waals surface area contributed by atoms with Crippen molar-refractivity contribution in [3.05, 3.63) is 34.9 Å². The van der Waals surface area contributed by atoms with Crippen LogP contribution in [0.1, 0.15) is 10.4 Å². The largest absolute Gasteiger partial charge is 0.383 e. The maximum Gasteiger partial charge on any atom is 0.255 e. The standard InChI is InChI=1S/C16H22ClN3O3S.ClH/c1-23-9-8-18-6-7-19-15(21)14-10-24-11-20(14)16(22)12-2-4-13(17)5-3-12;/h2-5,14,18H,6-11H2,1H3,(H,19,21);1H. The smallest absolute Gasteiger partial charge is 0.255 e. The van der Waals surface area contributed by atoms with Gasteiger partial charge in [0.05, 0.1) is 12.5 Å². The number of hydrogen-bond donors (Lipinski definition) is 2. The molecule has 25 heavy (non-hydrogen) atoms. The molecule has 6 nitrogen and oxygen atoms in total. The van der Waals surface area contributed by atoms with Crippen LogP contribution in [0.2, 0.25) is 5.02 Å². The Balaban J connectivity index is 0.00000312. The fourth-order valence-corrected chi connectivity index (χ4v) is 3.59. The van der Waals surface area contributed by atoms with Gasteiger partial charge in [0.15, 0.2) is 0 Å². The van der Waals surface area contributed by atoms with Crippen molar-refractivity contribution in [2.75, 3.05) is 45.0 Å². The SMILES string of the molecule is COCCNCCNC(=O)C1CSCN1C(=O)c1ccc(Cl)cc1.Cl. The van der Waals surface area contributed by atoms with E-state index in [0.717, 1.165) is 6.54 Å². The Morgan fingerprint density at radius 1 is 1.28 bits per heavy atom. The molecule has 1 atom stereocenters. The van der Waals surface area contributed by atoms with Crippen LogP contribution in [-0.4, -0.2) is 67.7 Å². The molecule has 1 aliphatic rings. The fraction of sp³-hybridized carbons (Fsp3) is 0.500. The fourth-order valence-electron chi connectivity index (χ4n) is 2.31. The minimum atomic E-state index is -0.433. The van der Waals surface area contributed by atoms with Crippen molar-refractivity contribution in [3.63, 3.8) is 0 Å². The van der Waals surface area contributed by atoms with Crippen LogP contribution in [-0.2, 0) is 9.53 Å². The van der Waals surface area contributed by atoms with E-state index in [9.17, 15) is 9.59 Å². The number of halogens is 2. The van der Waals surface area contributed by atoms with Gasteiger partial charge in [-0.3, -0.25) is 9.59 Å². The van der Waals surface area contributed by atoms with Crippen molar-refractivity contribution in [1.82, 2.24) is 15.5 Å². The lowest BCUT2D eigenvalue weighted by Gasteiger charge is -2.23. The summed E-state index contributed by atoms with van der Waals surface area (Å²) in [6, 6.07) is 6.29. The number of carbonyl (C=O) groups excluding carboxylic acids is 2. The molecule has 0 radical (unpaired) electrons. The minimum absolute atomic E-state index is 0. The first kappa shape index (κ1) is 22.1. The van der Waals surface area contributed by atoms with Gasteiger partial charge in [-0.1, -0.05) is 11.6 Å². The summed E-state index contributed by atoms with van der Waals surface area (Å²) in [4.78, 5) is 26.5. The second kappa shape index (κ2) is 11.6. The van der Waals surface area contributed by atoms with Gasteiger partial charge in [0.2, 0.25) is 5.91 Å². The molecule has 9 heteroatoms. The van der Waals surface area contributed by atoms with Crippen molar-refractivity contribution in [1.29, 1.82) is 0 Å². The van der Waals surface area contributed by atoms with E-state index in [1.54, 1.807) is 48.0 Å². The lowest BCUT2D eigenvalue weighted by atomic mass is 10.1. The van der Waals surface area contributed by atoms with Crippen LogP contribution >= 0.6 is 35.8 Å². The average molecular weight is 408 g/mol. The number of methoxy groups -OCH3 is 1. The first-order chi connectivity index (χ1) is 11.6. The van der Waals surface area contributed by atoms with Gasteiger partial charge in [0, 0.05) is 43.1 Å². The Kier molecular flexibility index (Phi) is 10.2. The quantitative estimate of drug-likeness (QED) is 0.640. The summed E-state index contributed by atoms with van der Waals surface area (Å²) in [6.45, 7) is 2.57. The lowest BCUT2D eigenvalue weighted by Crippen LogP contribution is -2.48. The normalized spacial score (nSPS) is 16.4. The van der Waals surface area contributed by atoms with Gasteiger partial charge in [-0.05, 0) is 24.3 Å². The highest BCUT2D eigenvalue weighted by atomic mass is 35.5. The molecule has 1 aliphatic heterocycles. The van der Waals surface area contributed by atoms with Gasteiger partial charge in [0.1, 0.15) is 6.04 Å². The van der Waals surface area contributed by atoms with E-state index in [1.807, 2.05) is 0 Å². The van der Waals surface area contributed by atoms with Gasteiger partial charge < -0.3 is 20.3 Å². The monoisotopic (exact) mass is 407 g/mol. The van der Waals surface area contributed by atoms with Crippen LogP contribution in [0.25, 0.3) is 0 Å². The predicted molar refractivity (Wildman–Crippen MR) is 104 cm³/mol. The zero-order valence-corrected chi connectivity index (χ0v) is 16.4. The molecule has 1 unspecified atom stereocenters. The molecule has 0 spiro atoms. The summed E-state index contributed by atoms with van der Waals surface area (Å²) in [6.07, 6.45) is 0. The number of benzene rings is 1. The van der Waals surface area contributed by atoms with E-state index < -0.39 is 6.04 Å². The summed E-state index contributed by atoms with van der Waals surface area (Å²) < 4.78 is 4.94. The summed E-state index contributed by atoms with van der Waals surface area (Å²) >= 11 is 7.43. The molecule has 0 saturated carbocycles. The van der Waals surface area contributed by atoms with Crippen molar-refractivity contribution >= 4 is 47.6 Å². The van der Waals surface area contributed by atoms with E-state index in [2.05, 4.69) is 10.6 Å². The molecule has 0 aromatic heterocycles. The Morgan fingerprint density at radius 3 is 2.68 bits per heavy atom. The number of amides is 2. The number of nitrogens with zero attached hydrogens (tertiary/aromatic N) is 1. The first-order valence-corrected chi connectivity index (χ1v) is 9.28. The molecule has 1 aromatic carbocycles. The van der Waals surface area contributed by atoms with Crippen LogP contribution in [0, 0.1) is 0 Å². The summed E-state index contributed by atoms with van der Waals surface area (Å²) in [5.41, 5.74) is 0.543. The van der Waals surface area contributed by atoms with Crippen LogP contribution in [0.4, 0.5) is 0 Å². The minimum Gasteiger partial charge on any atom is -0.383 e. The average Bonchev–Trinajstić information content (AvgIpc) is 3.07. The molecule has 1 heterocycles. The van der Waals surface area contributed by atoms with Gasteiger partial charge in [-0.25, -0.2) is 0 Å². The Morgan fingerprint density at radius 2 is 2.00 bits per heavy atom. The predicted octanol–water partition coefficient (Wildman–Crippen LogP) is 1.63. The summed E-state index contributed by atoms with van der Waals surface area (Å²) in [5, 5.41) is 6.62. The highest BCUT2D eigenvalue weighted by Crippen LogP contribution is 2.23. The zero-order valence-electron chi connectivity index (χ0n) is 14.0. The molecule has 0 aliphatic carbocycles. The third kappa shape index (κ3) is 6.67. The van der Waals surface area contributed by atoms with E-state index in [0.29, 0.717) is 41.9 Å². The van der Waals surface area contributed by atoms with Crippen molar-refractivity contribution < 1.29 is 14.3 Å². The number of carbonyl (C=O) groups is 2. The molecule has 2 N–H and O–H groups in total. The molecular weight excluding hydrogens is 385 g/mol. The molecule has 140 valence electrons. The van der Waals surface area contributed by atoms with Crippen molar-refractivity contribution in [2.24, 2.45) is 0 Å². The molecule has 1 saturated heterocycles. The number of nitrogens with one attached hydrogen (secondary N) is 2. The van der Waals surface area contributed by atoms with Crippen LogP contribution in [0.5, 0.6) is 0 Å². The highest BCUT2D eigenvalue weighted by Gasteiger charge is 2.34. The lowest BCUT2D eigenvalue weighted by molar-refractivity contribution is -0.124. The highest BCUT2D eigenvalue weighted by molar-refractivity contribution is 7.99. The number of thioether (sulfide) groups is 1. The van der Waals surface area contributed by atoms with E-state index >= 15 is 0 Å². The second-order valence-corrected chi connectivity index (χ2v) is 6.77. The van der Waals surface area contributed by atoms with Gasteiger partial charge in [0.25, 0.3) is 5.91 Å². The molecule has 1 fully saturated rings. The third-order valence-electron chi connectivity index (χ3n) is 3.62. The van der Waals surface area contributed by atoms with Crippen molar-refractivity contribution in [2.45, 2.75) is 6.04 Å². The van der Waals surface area contributed by atoms with E-state index in [-0.39, 0.29) is 24.2 Å². The topological polar surface area (TPSA) is 70.7 Å². The molecule has 2 amide bonds. The maximum atomic E-state index is 12.6. The number of hydrogen-bond acceptors (Lipinski definition) is 5. The molecule has 0 bridgehead atoms. The third-order valence-corrected chi connectivity index (χ3v) is 4.89. The Hall–Kier alpha value is -0.990. The first-order valence-electron chi connectivity index (χ1n) is 7.75. The van der Waals surface area contributed by atoms with Gasteiger partial charge >= 0.3 is 0 Å². The summed E-state index contributed by atoms with van der Waals surface area (Å²) in [5.74, 6) is 0.874. The van der Waals surface area contributed by atoms with Crippen molar-refractivity contribution in [3.8, 4) is 0 Å². The van der Waals surface area contributed by atoms with E-state index in [4.69, 9.17) is 16.3 Å². The number of rotatable bonds is 8. The Bertz CT molecular complexity index is 560. The molecular formula is C16H23Cl2N3O3S.